The van der Waals surface area contributed by atoms with Crippen molar-refractivity contribution in [3.8, 4) is 67.5 Å². The Bertz CT molecular complexity index is 4300. The standard InChI is InChI=1S/C61H54B20N4O14.Cu.2HI.V/c62-74(63)78(70)80(76(66)67)72-25-34(72)29-94-35-9-1-5-30(21-35)50-39-13-15-43(82-39)52(32-7-3-11-37(23-32)96-60-58(92)56(90)54(88)47(27-86)98-60)45-19-17-41(84-45)51(31-6-2-10-36(22-31)95-49-26-73(49)81(77(68)69)79(71)75(64)65)42-18-20-46(85-42)53(44-16-14-40(50)83-44)33-8-4-12-38(24-33)97-61-59(93)57(91)55(89)48(28-87)99-61;;;;/h1-24,34,47-49,54-61,86-93H,25-29H2;;2*1H;/q-2;+2;;;+2/p-2. The van der Waals surface area contributed by atoms with Gasteiger partial charge >= 0.3 is 66.5 Å². The molecular formula is C61H54B20CuI2N4O14V. The van der Waals surface area contributed by atoms with Crippen molar-refractivity contribution in [2.24, 2.45) is 0 Å². The van der Waals surface area contributed by atoms with Gasteiger partial charge in [-0.05, 0) is 129 Å². The summed E-state index contributed by atoms with van der Waals surface area (Å²) in [6, 6.07) is 36.1. The number of aliphatic hydroxyl groups excluding tert-OH is 8. The van der Waals surface area contributed by atoms with Gasteiger partial charge in [0.2, 0.25) is 12.6 Å². The van der Waals surface area contributed by atoms with Gasteiger partial charge in [-0.2, -0.15) is 0 Å². The van der Waals surface area contributed by atoms with Gasteiger partial charge in [0.05, 0.1) is 55.2 Å². The van der Waals surface area contributed by atoms with Gasteiger partial charge in [-0.3, -0.25) is 0 Å². The molecule has 21 radical (unpaired) electrons. The summed E-state index contributed by atoms with van der Waals surface area (Å²) in [6.45, 7) is -1.10. The molecule has 12 unspecified atom stereocenters. The number of aromatic nitrogens is 4. The van der Waals surface area contributed by atoms with E-state index in [2.05, 4.69) is 40.0 Å². The van der Waals surface area contributed by atoms with Crippen LogP contribution in [0.4, 0.5) is 0 Å². The third kappa shape index (κ3) is 17.9. The SMILES string of the molecule is [B]B([B])B([B])B(B([B])[B])B1CC1COc1cccc(-c2c3nc(c(-c4cccc(OC5OC(CO)C(O)C(O)C5O)c4)c4ccc([n-]4)c(-c4cccc(OC5CB5B(B([B])[B])B([B])B([B])[B])c4)c4nc(c(-c5cccc(OC6OC(CO)C(O)C(O)C6O)c5)c5ccc2[n-]5)C=C4)C=C3)c1.[Cu+2].[I][V][I]. The zero-order valence-electron chi connectivity index (χ0n) is 55.2. The number of halogens is 2. The van der Waals surface area contributed by atoms with Crippen LogP contribution >= 0.6 is 40.0 Å². The minimum absolute atomic E-state index is 0. The normalized spacial score (nSPS) is 22.8. The summed E-state index contributed by atoms with van der Waals surface area (Å²) in [5, 5.41) is 85.0. The van der Waals surface area contributed by atoms with Crippen LogP contribution in [-0.2, 0) is 36.0 Å². The molecule has 492 valence electrons. The van der Waals surface area contributed by atoms with Gasteiger partial charge < -0.3 is 79.2 Å². The van der Waals surface area contributed by atoms with E-state index in [4.69, 9.17) is 126 Å². The topological polar surface area (TPSA) is 271 Å². The fourth-order valence-corrected chi connectivity index (χ4v) is 14.0. The molecule has 7 aromatic rings. The Kier molecular flexibility index (Phi) is 27.4. The number of benzene rings is 4. The van der Waals surface area contributed by atoms with Gasteiger partial charge in [0.25, 0.3) is 0 Å². The first-order valence-electron chi connectivity index (χ1n) is 33.2. The Morgan fingerprint density at radius 3 is 1.15 bits per heavy atom. The summed E-state index contributed by atoms with van der Waals surface area (Å²) in [6.07, 6.45) is -11.9. The average Bonchev–Trinajstić information content (AvgIpc) is 1.63. The van der Waals surface area contributed by atoms with Crippen LogP contribution in [0.15, 0.2) is 121 Å². The molecule has 12 atom stereocenters. The zero-order valence-corrected chi connectivity index (χ0v) is 61.8. The third-order valence-electron chi connectivity index (χ3n) is 19.5. The Balaban J connectivity index is 0.00000262. The zero-order chi connectivity index (χ0) is 72.5. The molecule has 4 fully saturated rings. The first-order chi connectivity index (χ1) is 49.0. The van der Waals surface area contributed by atoms with E-state index in [-0.39, 0.29) is 60.0 Å². The van der Waals surface area contributed by atoms with Crippen LogP contribution < -0.4 is 28.9 Å². The summed E-state index contributed by atoms with van der Waals surface area (Å²) in [4.78, 5) is 21.8. The van der Waals surface area contributed by atoms with Crippen LogP contribution in [0, 0.1) is 0 Å². The maximum absolute atomic E-state index is 11.1. The van der Waals surface area contributed by atoms with E-state index in [0.29, 0.717) is 123 Å². The molecule has 18 nitrogen and oxygen atoms in total. The summed E-state index contributed by atoms with van der Waals surface area (Å²) >= 11 is 4.74. The molecule has 6 aliphatic heterocycles. The summed E-state index contributed by atoms with van der Waals surface area (Å²) in [5.41, 5.74) is 8.49. The molecule has 13 rings (SSSR count). The number of rotatable bonds is 23. The third-order valence-corrected chi connectivity index (χ3v) is 19.5. The van der Waals surface area contributed by atoms with E-state index in [1.807, 2.05) is 109 Å². The maximum atomic E-state index is 11.1. The molecule has 0 aliphatic carbocycles. The molecule has 103 heavy (non-hydrogen) atoms. The molecule has 4 aromatic carbocycles. The number of nitrogens with zero attached hydrogens (tertiary/aromatic N) is 4. The van der Waals surface area contributed by atoms with Gasteiger partial charge in [-0.15, -0.1) is 22.1 Å². The quantitative estimate of drug-likeness (QED) is 0.0309. The molecule has 6 aliphatic rings. The number of fused-ring (bicyclic) bond motifs is 8. The molecule has 8 bridgehead atoms. The van der Waals surface area contributed by atoms with E-state index >= 15 is 0 Å². The van der Waals surface area contributed by atoms with Crippen molar-refractivity contribution in [3.63, 3.8) is 0 Å². The van der Waals surface area contributed by atoms with Crippen LogP contribution in [0.25, 0.3) is 90.9 Å². The van der Waals surface area contributed by atoms with Gasteiger partial charge in [-0.25, -0.2) is 9.97 Å². The van der Waals surface area contributed by atoms with Crippen molar-refractivity contribution in [2.45, 2.75) is 85.9 Å². The van der Waals surface area contributed by atoms with Gasteiger partial charge in [0.15, 0.2) is 0 Å². The van der Waals surface area contributed by atoms with Crippen molar-refractivity contribution in [1.29, 1.82) is 0 Å². The Morgan fingerprint density at radius 2 is 0.796 bits per heavy atom. The first-order valence-corrected chi connectivity index (χ1v) is 42.2. The molecule has 8 N–H and O–H groups in total. The van der Waals surface area contributed by atoms with Gasteiger partial charge in [-0.1, -0.05) is 79.1 Å². The molecule has 0 spiro atoms. The predicted molar refractivity (Wildman–Crippen MR) is 434 cm³/mol. The van der Waals surface area contributed by atoms with Crippen LogP contribution in [0.5, 0.6) is 23.0 Å². The number of hydrogen-bond donors (Lipinski definition) is 8. The van der Waals surface area contributed by atoms with Gasteiger partial charge in [0, 0.05) is 128 Å². The molecular weight excluding hydrogens is 1600 g/mol. The minimum atomic E-state index is -1.70. The second-order valence-electron chi connectivity index (χ2n) is 26.3. The Morgan fingerprint density at radius 1 is 0.456 bits per heavy atom. The van der Waals surface area contributed by atoms with Crippen molar-refractivity contribution in [3.05, 3.63) is 144 Å². The summed E-state index contributed by atoms with van der Waals surface area (Å²) in [7, 11) is 62.7. The van der Waals surface area contributed by atoms with Crippen LogP contribution in [0.3, 0.4) is 0 Å². The predicted octanol–water partition coefficient (Wildman–Crippen LogP) is -0.00440. The number of aliphatic hydroxyl groups is 8. The molecule has 0 saturated carbocycles. The monoisotopic (exact) mass is 1650 g/mol. The van der Waals surface area contributed by atoms with Crippen LogP contribution in [0.2, 0.25) is 18.5 Å². The Hall–Kier alpha value is -3.86. The van der Waals surface area contributed by atoms with Crippen molar-refractivity contribution in [1.82, 2.24) is 19.9 Å². The molecule has 42 heteroatoms. The van der Waals surface area contributed by atoms with E-state index < -0.39 is 119 Å². The van der Waals surface area contributed by atoms with E-state index in [1.54, 1.807) is 36.4 Å². The molecule has 3 aromatic heterocycles. The van der Waals surface area contributed by atoms with Crippen molar-refractivity contribution < 1.29 is 95.8 Å². The molecule has 9 heterocycles. The molecule has 0 amide bonds. The summed E-state index contributed by atoms with van der Waals surface area (Å²) < 4.78 is 37.2. The van der Waals surface area contributed by atoms with Crippen molar-refractivity contribution >= 4 is 228 Å². The Labute approximate surface area is 654 Å². The average molecular weight is 1650 g/mol. The van der Waals surface area contributed by atoms with Crippen molar-refractivity contribution in [2.75, 3.05) is 19.8 Å². The van der Waals surface area contributed by atoms with E-state index in [1.165, 1.54) is 0 Å². The fourth-order valence-electron chi connectivity index (χ4n) is 14.0. The molecule has 4 saturated heterocycles. The number of ether oxygens (including phenoxy) is 6. The first kappa shape index (κ1) is 80.2. The number of hydrogen-bond acceptors (Lipinski definition) is 16. The van der Waals surface area contributed by atoms with Crippen LogP contribution in [0.1, 0.15) is 22.8 Å². The van der Waals surface area contributed by atoms with E-state index in [9.17, 15) is 40.9 Å². The fraction of sp³-hybridized carbons (Fsp3) is 0.279. The van der Waals surface area contributed by atoms with E-state index in [0.717, 1.165) is 6.32 Å². The second-order valence-corrected chi connectivity index (χ2v) is 38.1. The van der Waals surface area contributed by atoms with Gasteiger partial charge in [0.1, 0.15) is 78.4 Å². The second kappa shape index (κ2) is 35.2. The van der Waals surface area contributed by atoms with Crippen LogP contribution in [-0.4, -0.2) is 280 Å². The summed E-state index contributed by atoms with van der Waals surface area (Å²) in [5.74, 6) is 1.51.